The van der Waals surface area contributed by atoms with Gasteiger partial charge in [-0.05, 0) is 13.3 Å². The molecule has 0 aliphatic rings. The Hall–Kier alpha value is -0.300. The number of hydrogen-bond acceptors (Lipinski definition) is 1. The quantitative estimate of drug-likeness (QED) is 0.399. The van der Waals surface area contributed by atoms with Crippen LogP contribution in [0.3, 0.4) is 0 Å². The highest BCUT2D eigenvalue weighted by atomic mass is 16.5. The fourth-order valence-electron chi connectivity index (χ4n) is 0.350. The van der Waals surface area contributed by atoms with Crippen LogP contribution in [0, 0.1) is 6.92 Å². The molecule has 0 aromatic carbocycles. The van der Waals surface area contributed by atoms with Gasteiger partial charge in [-0.2, -0.15) is 0 Å². The van der Waals surface area contributed by atoms with Crippen molar-refractivity contribution in [3.8, 4) is 0 Å². The van der Waals surface area contributed by atoms with Gasteiger partial charge in [-0.15, -0.1) is 0 Å². The zero-order valence-corrected chi connectivity index (χ0v) is 5.39. The summed E-state index contributed by atoms with van der Waals surface area (Å²) in [5.41, 5.74) is 0. The summed E-state index contributed by atoms with van der Waals surface area (Å²) in [5, 5.41) is 0. The van der Waals surface area contributed by atoms with Gasteiger partial charge in [0, 0.05) is 6.61 Å². The molecule has 0 atom stereocenters. The van der Waals surface area contributed by atoms with Crippen molar-refractivity contribution in [3.05, 3.63) is 19.1 Å². The summed E-state index contributed by atoms with van der Waals surface area (Å²) in [6.45, 7) is 7.11. The Morgan fingerprint density at radius 1 is 1.62 bits per heavy atom. The Balaban J connectivity index is 2.72. The topological polar surface area (TPSA) is 9.23 Å². The standard InChI is InChI=1S/C7H13O/c1-3-5-7-8-6-4-2/h3,5H,2,4,6-7H2,1H3/b5-3+. The first-order chi connectivity index (χ1) is 3.91. The highest BCUT2D eigenvalue weighted by Crippen LogP contribution is 1.79. The summed E-state index contributed by atoms with van der Waals surface area (Å²) in [5.74, 6) is 0. The van der Waals surface area contributed by atoms with Gasteiger partial charge in [0.15, 0.2) is 0 Å². The van der Waals surface area contributed by atoms with Crippen LogP contribution in [0.15, 0.2) is 12.2 Å². The largest absolute Gasteiger partial charge is 0.377 e. The first kappa shape index (κ1) is 7.70. The number of allylic oxidation sites excluding steroid dienone is 1. The summed E-state index contributed by atoms with van der Waals surface area (Å²) >= 11 is 0. The predicted octanol–water partition coefficient (Wildman–Crippen LogP) is 1.80. The zero-order chi connectivity index (χ0) is 6.24. The Kier molecular flexibility index (Phi) is 6.45. The van der Waals surface area contributed by atoms with Crippen molar-refractivity contribution >= 4 is 0 Å². The third-order valence-electron chi connectivity index (χ3n) is 0.738. The summed E-state index contributed by atoms with van der Waals surface area (Å²) in [4.78, 5) is 0. The van der Waals surface area contributed by atoms with E-state index in [9.17, 15) is 0 Å². The van der Waals surface area contributed by atoms with E-state index in [1.165, 1.54) is 0 Å². The Bertz CT molecular complexity index is 57.4. The van der Waals surface area contributed by atoms with Gasteiger partial charge in [0.05, 0.1) is 6.61 Å². The van der Waals surface area contributed by atoms with E-state index in [0.717, 1.165) is 19.6 Å². The molecule has 1 radical (unpaired) electrons. The molecule has 0 saturated carbocycles. The summed E-state index contributed by atoms with van der Waals surface area (Å²) in [6, 6.07) is 0. The average molecular weight is 113 g/mol. The Morgan fingerprint density at radius 3 is 2.88 bits per heavy atom. The first-order valence-corrected chi connectivity index (χ1v) is 2.90. The van der Waals surface area contributed by atoms with Gasteiger partial charge in [-0.3, -0.25) is 0 Å². The van der Waals surface area contributed by atoms with E-state index in [2.05, 4.69) is 6.92 Å². The average Bonchev–Trinajstić information content (AvgIpc) is 1.81. The minimum absolute atomic E-state index is 0.728. The van der Waals surface area contributed by atoms with Gasteiger partial charge in [0.25, 0.3) is 0 Å². The SMILES string of the molecule is [CH2]CCOC/C=C/C. The molecule has 0 heterocycles. The normalized spacial score (nSPS) is 10.8. The van der Waals surface area contributed by atoms with Crippen molar-refractivity contribution in [1.29, 1.82) is 0 Å². The molecule has 1 nitrogen and oxygen atoms in total. The van der Waals surface area contributed by atoms with Gasteiger partial charge in [-0.1, -0.05) is 19.1 Å². The second kappa shape index (κ2) is 6.70. The highest BCUT2D eigenvalue weighted by Gasteiger charge is 1.76. The maximum Gasteiger partial charge on any atom is 0.0647 e. The van der Waals surface area contributed by atoms with E-state index < -0.39 is 0 Å². The van der Waals surface area contributed by atoms with Crippen LogP contribution in [-0.2, 0) is 4.74 Å². The third kappa shape index (κ3) is 5.70. The summed E-state index contributed by atoms with van der Waals surface area (Å²) in [6.07, 6.45) is 4.82. The Morgan fingerprint density at radius 2 is 2.38 bits per heavy atom. The Labute approximate surface area is 51.4 Å². The molecule has 0 bridgehead atoms. The highest BCUT2D eigenvalue weighted by molar-refractivity contribution is 4.75. The van der Waals surface area contributed by atoms with E-state index in [4.69, 9.17) is 4.74 Å². The molecule has 0 aliphatic heterocycles. The van der Waals surface area contributed by atoms with E-state index >= 15 is 0 Å². The number of hydrogen-bond donors (Lipinski definition) is 0. The van der Waals surface area contributed by atoms with Crippen LogP contribution in [0.1, 0.15) is 13.3 Å². The minimum Gasteiger partial charge on any atom is -0.377 e. The van der Waals surface area contributed by atoms with Gasteiger partial charge in [0.2, 0.25) is 0 Å². The molecule has 0 saturated heterocycles. The molecule has 0 amide bonds. The molecule has 47 valence electrons. The van der Waals surface area contributed by atoms with Gasteiger partial charge in [0.1, 0.15) is 0 Å². The van der Waals surface area contributed by atoms with Crippen molar-refractivity contribution in [3.63, 3.8) is 0 Å². The fraction of sp³-hybridized carbons (Fsp3) is 0.571. The van der Waals surface area contributed by atoms with E-state index in [-0.39, 0.29) is 0 Å². The van der Waals surface area contributed by atoms with Crippen LogP contribution in [0.25, 0.3) is 0 Å². The molecule has 0 rings (SSSR count). The molecule has 0 spiro atoms. The lowest BCUT2D eigenvalue weighted by molar-refractivity contribution is 0.167. The maximum atomic E-state index is 5.07. The van der Waals surface area contributed by atoms with Crippen molar-refractivity contribution in [2.24, 2.45) is 0 Å². The number of ether oxygens (including phenoxy) is 1. The van der Waals surface area contributed by atoms with Crippen molar-refractivity contribution in [1.82, 2.24) is 0 Å². The zero-order valence-electron chi connectivity index (χ0n) is 5.39. The second-order valence-electron chi connectivity index (χ2n) is 1.50. The number of rotatable bonds is 4. The maximum absolute atomic E-state index is 5.07. The van der Waals surface area contributed by atoms with E-state index in [1.54, 1.807) is 0 Å². The lowest BCUT2D eigenvalue weighted by Crippen LogP contribution is -1.90. The lowest BCUT2D eigenvalue weighted by atomic mass is 10.5. The van der Waals surface area contributed by atoms with Gasteiger partial charge in [-0.25, -0.2) is 0 Å². The predicted molar refractivity (Wildman–Crippen MR) is 35.6 cm³/mol. The van der Waals surface area contributed by atoms with Crippen molar-refractivity contribution < 1.29 is 4.74 Å². The van der Waals surface area contributed by atoms with E-state index in [1.807, 2.05) is 19.1 Å². The fourth-order valence-corrected chi connectivity index (χ4v) is 0.350. The molecule has 0 aromatic rings. The van der Waals surface area contributed by atoms with Crippen LogP contribution in [-0.4, -0.2) is 13.2 Å². The van der Waals surface area contributed by atoms with Crippen LogP contribution < -0.4 is 0 Å². The molecule has 8 heavy (non-hydrogen) atoms. The third-order valence-corrected chi connectivity index (χ3v) is 0.738. The summed E-state index contributed by atoms with van der Waals surface area (Å²) < 4.78 is 5.07. The lowest BCUT2D eigenvalue weighted by Gasteiger charge is -1.93. The minimum atomic E-state index is 0.728. The van der Waals surface area contributed by atoms with Gasteiger partial charge < -0.3 is 4.74 Å². The molecule has 0 unspecified atom stereocenters. The van der Waals surface area contributed by atoms with Gasteiger partial charge >= 0.3 is 0 Å². The summed E-state index contributed by atoms with van der Waals surface area (Å²) in [7, 11) is 0. The van der Waals surface area contributed by atoms with Crippen molar-refractivity contribution in [2.45, 2.75) is 13.3 Å². The molecular weight excluding hydrogens is 100 g/mol. The first-order valence-electron chi connectivity index (χ1n) is 2.90. The smallest absolute Gasteiger partial charge is 0.0647 e. The van der Waals surface area contributed by atoms with Crippen LogP contribution >= 0.6 is 0 Å². The van der Waals surface area contributed by atoms with Crippen LogP contribution in [0.2, 0.25) is 0 Å². The van der Waals surface area contributed by atoms with Crippen LogP contribution in [0.4, 0.5) is 0 Å². The van der Waals surface area contributed by atoms with Crippen molar-refractivity contribution in [2.75, 3.05) is 13.2 Å². The molecule has 0 aliphatic carbocycles. The molecular formula is C7H13O. The molecule has 1 heteroatoms. The van der Waals surface area contributed by atoms with Crippen LogP contribution in [0.5, 0.6) is 0 Å². The molecule has 0 fully saturated rings. The monoisotopic (exact) mass is 113 g/mol. The second-order valence-corrected chi connectivity index (χ2v) is 1.50. The van der Waals surface area contributed by atoms with E-state index in [0.29, 0.717) is 0 Å². The molecule has 0 aromatic heterocycles. The molecule has 0 N–H and O–H groups in total.